The van der Waals surface area contributed by atoms with Gasteiger partial charge in [0.2, 0.25) is 0 Å². The van der Waals surface area contributed by atoms with Crippen LogP contribution in [0.2, 0.25) is 0 Å². The average molecular weight is 226 g/mol. The van der Waals surface area contributed by atoms with Gasteiger partial charge < -0.3 is 10.1 Å². The van der Waals surface area contributed by atoms with Crippen LogP contribution in [0.25, 0.3) is 0 Å². The Balaban J connectivity index is 1.85. The molecule has 0 saturated carbocycles. The minimum atomic E-state index is -0.189. The molecule has 2 rings (SSSR count). The van der Waals surface area contributed by atoms with Gasteiger partial charge in [0.15, 0.2) is 0 Å². The Morgan fingerprint density at radius 2 is 2.67 bits per heavy atom. The molecule has 0 aliphatic carbocycles. The van der Waals surface area contributed by atoms with Crippen LogP contribution in [0.1, 0.15) is 30.3 Å². The fourth-order valence-corrected chi connectivity index (χ4v) is 2.19. The molecule has 4 nitrogen and oxygen atoms in total. The summed E-state index contributed by atoms with van der Waals surface area (Å²) in [7, 11) is 0. The van der Waals surface area contributed by atoms with Crippen LogP contribution in [0.3, 0.4) is 0 Å². The van der Waals surface area contributed by atoms with Gasteiger partial charge in [-0.15, -0.1) is 11.3 Å². The van der Waals surface area contributed by atoms with Gasteiger partial charge in [-0.1, -0.05) is 0 Å². The van der Waals surface area contributed by atoms with Crippen LogP contribution in [-0.4, -0.2) is 29.6 Å². The second-order valence-corrected chi connectivity index (χ2v) is 4.68. The van der Waals surface area contributed by atoms with Gasteiger partial charge in [0, 0.05) is 18.5 Å². The van der Waals surface area contributed by atoms with E-state index in [0.717, 1.165) is 19.4 Å². The third kappa shape index (κ3) is 2.54. The molecular weight excluding hydrogens is 212 g/mol. The lowest BCUT2D eigenvalue weighted by Gasteiger charge is -2.22. The molecule has 1 aromatic heterocycles. The van der Waals surface area contributed by atoms with Crippen molar-refractivity contribution in [2.45, 2.75) is 25.4 Å². The molecule has 1 saturated heterocycles. The molecule has 0 bridgehead atoms. The molecule has 0 spiro atoms. The summed E-state index contributed by atoms with van der Waals surface area (Å²) in [4.78, 5) is 15.5. The Hall–Kier alpha value is -0.940. The Labute approximate surface area is 92.7 Å². The predicted octanol–water partition coefficient (Wildman–Crippen LogP) is 1.44. The highest BCUT2D eigenvalue weighted by Gasteiger charge is 2.30. The number of hydrogen-bond donors (Lipinski definition) is 1. The first-order valence-corrected chi connectivity index (χ1v) is 5.94. The smallest absolute Gasteiger partial charge is 0.270 e. The fourth-order valence-electron chi connectivity index (χ4n) is 1.66. The molecule has 2 heterocycles. The van der Waals surface area contributed by atoms with Crippen molar-refractivity contribution in [1.82, 2.24) is 10.3 Å². The van der Waals surface area contributed by atoms with Crippen LogP contribution in [0, 0.1) is 0 Å². The average Bonchev–Trinajstić information content (AvgIpc) is 2.85. The summed E-state index contributed by atoms with van der Waals surface area (Å²) < 4.78 is 5.58. The summed E-state index contributed by atoms with van der Waals surface area (Å²) >= 11 is 1.42. The summed E-state index contributed by atoms with van der Waals surface area (Å²) in [6.07, 6.45) is 2.08. The van der Waals surface area contributed by atoms with Gasteiger partial charge in [0.1, 0.15) is 5.69 Å². The van der Waals surface area contributed by atoms with E-state index in [2.05, 4.69) is 10.3 Å². The number of nitrogens with one attached hydrogen (secondary N) is 1. The Bertz CT molecular complexity index is 331. The topological polar surface area (TPSA) is 51.2 Å². The standard InChI is InChI=1S/C10H14N2O2S/c1-10(3-2-4-14-10)6-11-9(13)8-5-15-7-12-8/h5,7H,2-4,6H2,1H3,(H,11,13). The van der Waals surface area contributed by atoms with E-state index in [0.29, 0.717) is 12.2 Å². The fraction of sp³-hybridized carbons (Fsp3) is 0.600. The quantitative estimate of drug-likeness (QED) is 0.848. The zero-order valence-electron chi connectivity index (χ0n) is 8.66. The maximum atomic E-state index is 11.6. The summed E-state index contributed by atoms with van der Waals surface area (Å²) in [5, 5.41) is 4.59. The molecule has 1 aliphatic rings. The Kier molecular flexibility index (Phi) is 3.02. The van der Waals surface area contributed by atoms with Gasteiger partial charge in [-0.05, 0) is 19.8 Å². The molecule has 1 amide bonds. The zero-order valence-corrected chi connectivity index (χ0v) is 9.47. The second kappa shape index (κ2) is 4.28. The van der Waals surface area contributed by atoms with Crippen molar-refractivity contribution in [3.05, 3.63) is 16.6 Å². The number of thiazole rings is 1. The minimum Gasteiger partial charge on any atom is -0.373 e. The summed E-state index contributed by atoms with van der Waals surface area (Å²) in [5.41, 5.74) is 1.95. The molecule has 1 aromatic rings. The van der Waals surface area contributed by atoms with E-state index in [9.17, 15) is 4.79 Å². The highest BCUT2D eigenvalue weighted by molar-refractivity contribution is 7.07. The molecule has 1 aliphatic heterocycles. The normalized spacial score (nSPS) is 25.4. The summed E-state index contributed by atoms with van der Waals surface area (Å²) in [6, 6.07) is 0. The van der Waals surface area contributed by atoms with E-state index >= 15 is 0 Å². The molecule has 1 unspecified atom stereocenters. The number of carbonyl (C=O) groups excluding carboxylic acids is 1. The van der Waals surface area contributed by atoms with Crippen LogP contribution >= 0.6 is 11.3 Å². The van der Waals surface area contributed by atoms with Gasteiger partial charge in [0.05, 0.1) is 11.1 Å². The van der Waals surface area contributed by atoms with Crippen molar-refractivity contribution in [2.75, 3.05) is 13.2 Å². The molecule has 5 heteroatoms. The SMILES string of the molecule is CC1(CNC(=O)c2cscn2)CCCO1. The molecule has 1 fully saturated rings. The van der Waals surface area contributed by atoms with Crippen LogP contribution in [0.4, 0.5) is 0 Å². The van der Waals surface area contributed by atoms with E-state index in [1.54, 1.807) is 10.9 Å². The van der Waals surface area contributed by atoms with Crippen LogP contribution in [-0.2, 0) is 4.74 Å². The van der Waals surface area contributed by atoms with Crippen LogP contribution < -0.4 is 5.32 Å². The van der Waals surface area contributed by atoms with Gasteiger partial charge >= 0.3 is 0 Å². The number of nitrogens with zero attached hydrogens (tertiary/aromatic N) is 1. The number of ether oxygens (including phenoxy) is 1. The second-order valence-electron chi connectivity index (χ2n) is 3.96. The molecule has 15 heavy (non-hydrogen) atoms. The van der Waals surface area contributed by atoms with E-state index in [4.69, 9.17) is 4.74 Å². The summed E-state index contributed by atoms with van der Waals surface area (Å²) in [6.45, 7) is 3.38. The number of hydrogen-bond acceptors (Lipinski definition) is 4. The number of rotatable bonds is 3. The summed E-state index contributed by atoms with van der Waals surface area (Å²) in [5.74, 6) is -0.118. The molecule has 1 atom stereocenters. The van der Waals surface area contributed by atoms with Crippen molar-refractivity contribution in [3.63, 3.8) is 0 Å². The molecule has 1 N–H and O–H groups in total. The van der Waals surface area contributed by atoms with E-state index in [1.807, 2.05) is 6.92 Å². The van der Waals surface area contributed by atoms with E-state index < -0.39 is 0 Å². The minimum absolute atomic E-state index is 0.118. The lowest BCUT2D eigenvalue weighted by atomic mass is 10.0. The molecular formula is C10H14N2O2S. The highest BCUT2D eigenvalue weighted by atomic mass is 32.1. The number of aromatic nitrogens is 1. The van der Waals surface area contributed by atoms with Gasteiger partial charge in [-0.2, -0.15) is 0 Å². The third-order valence-corrected chi connectivity index (χ3v) is 3.17. The van der Waals surface area contributed by atoms with Gasteiger partial charge in [-0.3, -0.25) is 4.79 Å². The Morgan fingerprint density at radius 1 is 1.80 bits per heavy atom. The molecule has 0 radical (unpaired) electrons. The highest BCUT2D eigenvalue weighted by Crippen LogP contribution is 2.23. The first-order chi connectivity index (χ1) is 7.20. The van der Waals surface area contributed by atoms with E-state index in [1.165, 1.54) is 11.3 Å². The monoisotopic (exact) mass is 226 g/mol. The largest absolute Gasteiger partial charge is 0.373 e. The first kappa shape index (κ1) is 10.6. The third-order valence-electron chi connectivity index (χ3n) is 2.59. The molecule has 0 aromatic carbocycles. The van der Waals surface area contributed by atoms with Crippen LogP contribution in [0.5, 0.6) is 0 Å². The van der Waals surface area contributed by atoms with Gasteiger partial charge in [0.25, 0.3) is 5.91 Å². The predicted molar refractivity (Wildman–Crippen MR) is 58.0 cm³/mol. The number of amides is 1. The van der Waals surface area contributed by atoms with Crippen molar-refractivity contribution >= 4 is 17.2 Å². The lowest BCUT2D eigenvalue weighted by Crippen LogP contribution is -2.40. The zero-order chi connectivity index (χ0) is 10.7. The van der Waals surface area contributed by atoms with E-state index in [-0.39, 0.29) is 11.5 Å². The van der Waals surface area contributed by atoms with Crippen LogP contribution in [0.15, 0.2) is 10.9 Å². The lowest BCUT2D eigenvalue weighted by molar-refractivity contribution is 0.0205. The van der Waals surface area contributed by atoms with Crippen molar-refractivity contribution in [2.24, 2.45) is 0 Å². The maximum Gasteiger partial charge on any atom is 0.270 e. The number of carbonyl (C=O) groups is 1. The van der Waals surface area contributed by atoms with Crippen molar-refractivity contribution < 1.29 is 9.53 Å². The Morgan fingerprint density at radius 3 is 3.27 bits per heavy atom. The maximum absolute atomic E-state index is 11.6. The first-order valence-electron chi connectivity index (χ1n) is 5.00. The van der Waals surface area contributed by atoms with Crippen molar-refractivity contribution in [3.8, 4) is 0 Å². The van der Waals surface area contributed by atoms with Crippen molar-refractivity contribution in [1.29, 1.82) is 0 Å². The van der Waals surface area contributed by atoms with Gasteiger partial charge in [-0.25, -0.2) is 4.98 Å². The molecule has 82 valence electrons.